The summed E-state index contributed by atoms with van der Waals surface area (Å²) >= 11 is 0. The lowest BCUT2D eigenvalue weighted by molar-refractivity contribution is 0.0650. The molecule has 1 heterocycles. The van der Waals surface area contributed by atoms with Crippen LogP contribution < -0.4 is 9.64 Å². The van der Waals surface area contributed by atoms with Crippen LogP contribution in [0.1, 0.15) is 36.6 Å². The molecule has 3 amide bonds. The van der Waals surface area contributed by atoms with E-state index < -0.39 is 23.5 Å². The topological polar surface area (TPSA) is 66.9 Å². The van der Waals surface area contributed by atoms with Gasteiger partial charge in [-0.1, -0.05) is 18.2 Å². The number of carbonyl (C=O) groups excluding carboxylic acids is 3. The molecule has 0 saturated carbocycles. The van der Waals surface area contributed by atoms with Crippen molar-refractivity contribution >= 4 is 23.4 Å². The summed E-state index contributed by atoms with van der Waals surface area (Å²) < 4.78 is 18.8. The second-order valence-electron chi connectivity index (χ2n) is 7.14. The smallest absolute Gasteiger partial charge is 0.263 e. The first-order chi connectivity index (χ1) is 14.9. The second-order valence-corrected chi connectivity index (χ2v) is 7.14. The fourth-order valence-corrected chi connectivity index (χ4v) is 3.51. The van der Waals surface area contributed by atoms with Crippen LogP contribution in [0.4, 0.5) is 10.1 Å². The average Bonchev–Trinajstić information content (AvgIpc) is 3.02. The molecule has 0 bridgehead atoms. The minimum Gasteiger partial charge on any atom is -0.495 e. The molecule has 4 rings (SSSR count). The van der Waals surface area contributed by atoms with E-state index in [0.29, 0.717) is 11.4 Å². The number of imide groups is 1. The molecule has 7 heteroatoms. The highest BCUT2D eigenvalue weighted by Gasteiger charge is 2.37. The first-order valence-electron chi connectivity index (χ1n) is 9.58. The summed E-state index contributed by atoms with van der Waals surface area (Å²) in [6.45, 7) is 1.56. The van der Waals surface area contributed by atoms with E-state index >= 15 is 0 Å². The SMILES string of the molecule is COc1cc(C)ccc1N(CN1C(=O)c2ccccc2C1=O)C(=O)c1ccc(F)cc1. The predicted octanol–water partition coefficient (Wildman–Crippen LogP) is 4.04. The number of hydrogen-bond donors (Lipinski definition) is 0. The highest BCUT2D eigenvalue weighted by Crippen LogP contribution is 2.32. The number of anilines is 1. The van der Waals surface area contributed by atoms with Crippen molar-refractivity contribution in [2.45, 2.75) is 6.92 Å². The molecule has 0 radical (unpaired) electrons. The van der Waals surface area contributed by atoms with Gasteiger partial charge in [-0.15, -0.1) is 0 Å². The lowest BCUT2D eigenvalue weighted by Crippen LogP contribution is -2.44. The van der Waals surface area contributed by atoms with Gasteiger partial charge in [0.1, 0.15) is 18.2 Å². The molecule has 31 heavy (non-hydrogen) atoms. The van der Waals surface area contributed by atoms with Crippen LogP contribution >= 0.6 is 0 Å². The highest BCUT2D eigenvalue weighted by atomic mass is 19.1. The van der Waals surface area contributed by atoms with Gasteiger partial charge in [-0.25, -0.2) is 4.39 Å². The van der Waals surface area contributed by atoms with Crippen LogP contribution in [0.15, 0.2) is 66.7 Å². The van der Waals surface area contributed by atoms with Gasteiger partial charge in [-0.3, -0.25) is 24.2 Å². The van der Waals surface area contributed by atoms with Gasteiger partial charge in [0.2, 0.25) is 0 Å². The van der Waals surface area contributed by atoms with Crippen LogP contribution in [0.2, 0.25) is 0 Å². The number of rotatable bonds is 5. The number of benzene rings is 3. The van der Waals surface area contributed by atoms with Gasteiger partial charge in [-0.05, 0) is 61.0 Å². The number of amides is 3. The van der Waals surface area contributed by atoms with Gasteiger partial charge >= 0.3 is 0 Å². The summed E-state index contributed by atoms with van der Waals surface area (Å²) in [5.74, 6) is -1.53. The van der Waals surface area contributed by atoms with Crippen LogP contribution in [0.25, 0.3) is 0 Å². The fraction of sp³-hybridized carbons (Fsp3) is 0.125. The molecule has 0 N–H and O–H groups in total. The molecule has 0 fully saturated rings. The molecule has 3 aromatic carbocycles. The van der Waals surface area contributed by atoms with Crippen LogP contribution in [-0.4, -0.2) is 36.4 Å². The van der Waals surface area contributed by atoms with E-state index in [1.807, 2.05) is 6.92 Å². The zero-order chi connectivity index (χ0) is 22.1. The highest BCUT2D eigenvalue weighted by molar-refractivity contribution is 6.22. The van der Waals surface area contributed by atoms with Gasteiger partial charge in [0.25, 0.3) is 17.7 Å². The molecule has 0 atom stereocenters. The number of methoxy groups -OCH3 is 1. The van der Waals surface area contributed by atoms with E-state index in [9.17, 15) is 18.8 Å². The number of halogens is 1. The maximum Gasteiger partial charge on any atom is 0.263 e. The van der Waals surface area contributed by atoms with Crippen molar-refractivity contribution < 1.29 is 23.5 Å². The lowest BCUT2D eigenvalue weighted by Gasteiger charge is -2.28. The van der Waals surface area contributed by atoms with Crippen LogP contribution in [0, 0.1) is 12.7 Å². The molecule has 0 unspecified atom stereocenters. The Hall–Kier alpha value is -4.00. The zero-order valence-electron chi connectivity index (χ0n) is 17.0. The first-order valence-corrected chi connectivity index (χ1v) is 9.58. The van der Waals surface area contributed by atoms with Crippen molar-refractivity contribution in [2.24, 2.45) is 0 Å². The third-order valence-corrected chi connectivity index (χ3v) is 5.12. The van der Waals surface area contributed by atoms with E-state index in [4.69, 9.17) is 4.74 Å². The quantitative estimate of drug-likeness (QED) is 0.587. The lowest BCUT2D eigenvalue weighted by atomic mass is 10.1. The van der Waals surface area contributed by atoms with Crippen molar-refractivity contribution in [2.75, 3.05) is 18.7 Å². The minimum absolute atomic E-state index is 0.209. The molecule has 3 aromatic rings. The molecular formula is C24H19FN2O4. The normalized spacial score (nSPS) is 12.7. The molecule has 6 nitrogen and oxygen atoms in total. The number of ether oxygens (including phenoxy) is 1. The molecule has 0 aromatic heterocycles. The molecule has 0 saturated heterocycles. The Balaban J connectivity index is 1.76. The summed E-state index contributed by atoms with van der Waals surface area (Å²) in [5.41, 5.74) is 2.09. The Morgan fingerprint density at radius 2 is 1.58 bits per heavy atom. The molecule has 156 valence electrons. The van der Waals surface area contributed by atoms with Crippen LogP contribution in [0.3, 0.4) is 0 Å². The van der Waals surface area contributed by atoms with Gasteiger partial charge in [0.05, 0.1) is 23.9 Å². The van der Waals surface area contributed by atoms with Crippen LogP contribution in [-0.2, 0) is 0 Å². The summed E-state index contributed by atoms with van der Waals surface area (Å²) in [6.07, 6.45) is 0. The van der Waals surface area contributed by atoms with E-state index in [-0.39, 0.29) is 23.4 Å². The number of fused-ring (bicyclic) bond motifs is 1. The zero-order valence-corrected chi connectivity index (χ0v) is 17.0. The van der Waals surface area contributed by atoms with Gasteiger partial charge < -0.3 is 4.74 Å². The predicted molar refractivity (Wildman–Crippen MR) is 113 cm³/mol. The second kappa shape index (κ2) is 8.02. The number of aryl methyl sites for hydroxylation is 1. The maximum absolute atomic E-state index is 13.4. The van der Waals surface area contributed by atoms with Crippen molar-refractivity contribution in [1.82, 2.24) is 4.90 Å². The third kappa shape index (κ3) is 3.66. The Kier molecular flexibility index (Phi) is 5.25. The first kappa shape index (κ1) is 20.3. The summed E-state index contributed by atoms with van der Waals surface area (Å²) in [4.78, 5) is 41.4. The Morgan fingerprint density at radius 3 is 2.16 bits per heavy atom. The van der Waals surface area contributed by atoms with Gasteiger partial charge in [0, 0.05) is 5.56 Å². The Labute approximate surface area is 178 Å². The van der Waals surface area contributed by atoms with Crippen molar-refractivity contribution in [1.29, 1.82) is 0 Å². The summed E-state index contributed by atoms with van der Waals surface area (Å²) in [7, 11) is 1.47. The minimum atomic E-state index is -0.501. The summed E-state index contributed by atoms with van der Waals surface area (Å²) in [6, 6.07) is 16.8. The molecule has 1 aliphatic heterocycles. The molecule has 1 aliphatic rings. The average molecular weight is 418 g/mol. The van der Waals surface area contributed by atoms with Crippen molar-refractivity contribution in [3.05, 3.63) is 94.8 Å². The van der Waals surface area contributed by atoms with Gasteiger partial charge in [0.15, 0.2) is 0 Å². The van der Waals surface area contributed by atoms with E-state index in [1.54, 1.807) is 42.5 Å². The number of hydrogen-bond acceptors (Lipinski definition) is 4. The molecular weight excluding hydrogens is 399 g/mol. The van der Waals surface area contributed by atoms with Crippen molar-refractivity contribution in [3.63, 3.8) is 0 Å². The largest absolute Gasteiger partial charge is 0.495 e. The van der Waals surface area contributed by atoms with E-state index in [2.05, 4.69) is 0 Å². The van der Waals surface area contributed by atoms with Gasteiger partial charge in [-0.2, -0.15) is 0 Å². The molecule has 0 aliphatic carbocycles. The van der Waals surface area contributed by atoms with Crippen LogP contribution in [0.5, 0.6) is 5.75 Å². The fourth-order valence-electron chi connectivity index (χ4n) is 3.51. The summed E-state index contributed by atoms with van der Waals surface area (Å²) in [5, 5.41) is 0. The third-order valence-electron chi connectivity index (χ3n) is 5.12. The monoisotopic (exact) mass is 418 g/mol. The Bertz CT molecular complexity index is 1160. The number of carbonyl (C=O) groups is 3. The van der Waals surface area contributed by atoms with Crippen molar-refractivity contribution in [3.8, 4) is 5.75 Å². The van der Waals surface area contributed by atoms with E-state index in [1.165, 1.54) is 36.3 Å². The number of nitrogens with zero attached hydrogens (tertiary/aromatic N) is 2. The maximum atomic E-state index is 13.4. The Morgan fingerprint density at radius 1 is 0.968 bits per heavy atom. The standard InChI is InChI=1S/C24H19FN2O4/c1-15-7-12-20(21(13-15)31-2)26(22(28)16-8-10-17(25)11-9-16)14-27-23(29)18-5-3-4-6-19(18)24(27)30/h3-13H,14H2,1-2H3. The van der Waals surface area contributed by atoms with E-state index in [0.717, 1.165) is 10.5 Å². The molecule has 0 spiro atoms.